The predicted octanol–water partition coefficient (Wildman–Crippen LogP) is 0.990. The number of hydrogen-bond acceptors (Lipinski definition) is 3. The van der Waals surface area contributed by atoms with Crippen LogP contribution in [-0.4, -0.2) is 24.7 Å². The molecule has 5 nitrogen and oxygen atoms in total. The van der Waals surface area contributed by atoms with Gasteiger partial charge in [-0.05, 0) is 30.4 Å². The molecule has 0 atom stereocenters. The van der Waals surface area contributed by atoms with Gasteiger partial charge in [0.05, 0.1) is 7.11 Å². The minimum absolute atomic E-state index is 0.295. The third kappa shape index (κ3) is 4.42. The summed E-state index contributed by atoms with van der Waals surface area (Å²) >= 11 is 4.93. The van der Waals surface area contributed by atoms with Crippen molar-refractivity contribution < 1.29 is 9.53 Å². The molecule has 1 amide bonds. The second-order valence-corrected chi connectivity index (χ2v) is 3.72. The number of hydrogen-bond donors (Lipinski definition) is 3. The number of benzene rings is 1. The SMILES string of the molecule is C=CCNC(=S)NNC(=O)c1cccc(OC)c1. The Bertz CT molecular complexity index is 449. The molecule has 0 aliphatic carbocycles. The van der Waals surface area contributed by atoms with E-state index in [0.717, 1.165) is 0 Å². The predicted molar refractivity (Wildman–Crippen MR) is 74.4 cm³/mol. The molecule has 1 aromatic rings. The minimum atomic E-state index is -0.295. The quantitative estimate of drug-likeness (QED) is 0.430. The molecule has 1 rings (SSSR count). The number of carbonyl (C=O) groups excluding carboxylic acids is 1. The molecule has 0 aromatic heterocycles. The fourth-order valence-corrected chi connectivity index (χ4v) is 1.29. The van der Waals surface area contributed by atoms with E-state index in [1.165, 1.54) is 0 Å². The monoisotopic (exact) mass is 265 g/mol. The largest absolute Gasteiger partial charge is 0.497 e. The summed E-state index contributed by atoms with van der Waals surface area (Å²) in [7, 11) is 1.55. The Hall–Kier alpha value is -2.08. The first-order valence-electron chi connectivity index (χ1n) is 5.26. The molecule has 1 aromatic carbocycles. The van der Waals surface area contributed by atoms with Crippen LogP contribution in [0.1, 0.15) is 10.4 Å². The van der Waals surface area contributed by atoms with Crippen molar-refractivity contribution in [2.75, 3.05) is 13.7 Å². The van der Waals surface area contributed by atoms with Crippen molar-refractivity contribution in [3.63, 3.8) is 0 Å². The smallest absolute Gasteiger partial charge is 0.269 e. The van der Waals surface area contributed by atoms with Crippen molar-refractivity contribution in [3.8, 4) is 5.75 Å². The van der Waals surface area contributed by atoms with E-state index >= 15 is 0 Å². The highest BCUT2D eigenvalue weighted by atomic mass is 32.1. The maximum absolute atomic E-state index is 11.8. The van der Waals surface area contributed by atoms with Gasteiger partial charge in [-0.2, -0.15) is 0 Å². The molecule has 96 valence electrons. The third-order valence-corrected chi connectivity index (χ3v) is 2.27. The van der Waals surface area contributed by atoms with E-state index in [1.807, 2.05) is 0 Å². The van der Waals surface area contributed by atoms with Gasteiger partial charge >= 0.3 is 0 Å². The number of nitrogens with one attached hydrogen (secondary N) is 3. The van der Waals surface area contributed by atoms with Gasteiger partial charge < -0.3 is 10.1 Å². The lowest BCUT2D eigenvalue weighted by molar-refractivity contribution is 0.0943. The van der Waals surface area contributed by atoms with Crippen LogP contribution in [0.25, 0.3) is 0 Å². The Labute approximate surface area is 111 Å². The number of thiocarbonyl (C=S) groups is 1. The summed E-state index contributed by atoms with van der Waals surface area (Å²) in [6.07, 6.45) is 1.66. The van der Waals surface area contributed by atoms with E-state index in [1.54, 1.807) is 37.5 Å². The lowest BCUT2D eigenvalue weighted by Gasteiger charge is -2.10. The Morgan fingerprint density at radius 1 is 1.50 bits per heavy atom. The molecule has 0 fully saturated rings. The highest BCUT2D eigenvalue weighted by Crippen LogP contribution is 2.11. The van der Waals surface area contributed by atoms with Gasteiger partial charge in [0, 0.05) is 12.1 Å². The third-order valence-electron chi connectivity index (χ3n) is 2.03. The summed E-state index contributed by atoms with van der Waals surface area (Å²) in [6, 6.07) is 6.82. The van der Waals surface area contributed by atoms with Crippen molar-refractivity contribution >= 4 is 23.2 Å². The van der Waals surface area contributed by atoms with Gasteiger partial charge in [0.2, 0.25) is 0 Å². The first-order valence-corrected chi connectivity index (χ1v) is 5.67. The molecule has 0 radical (unpaired) electrons. The van der Waals surface area contributed by atoms with Crippen LogP contribution in [-0.2, 0) is 0 Å². The Morgan fingerprint density at radius 3 is 2.94 bits per heavy atom. The fraction of sp³-hybridized carbons (Fsp3) is 0.167. The summed E-state index contributed by atoms with van der Waals surface area (Å²) in [5.74, 6) is 0.326. The summed E-state index contributed by atoms with van der Waals surface area (Å²) in [5.41, 5.74) is 5.54. The van der Waals surface area contributed by atoms with Gasteiger partial charge in [0.1, 0.15) is 5.75 Å². The molecule has 0 aliphatic rings. The number of hydrazine groups is 1. The average Bonchev–Trinajstić information content (AvgIpc) is 2.42. The summed E-state index contributed by atoms with van der Waals surface area (Å²) in [4.78, 5) is 11.8. The molecule has 3 N–H and O–H groups in total. The van der Waals surface area contributed by atoms with Crippen molar-refractivity contribution in [1.82, 2.24) is 16.2 Å². The molecule has 0 saturated carbocycles. The van der Waals surface area contributed by atoms with Gasteiger partial charge in [-0.3, -0.25) is 15.6 Å². The zero-order valence-electron chi connectivity index (χ0n) is 10.0. The average molecular weight is 265 g/mol. The molecule has 0 saturated heterocycles. The second kappa shape index (κ2) is 7.29. The van der Waals surface area contributed by atoms with E-state index in [2.05, 4.69) is 22.7 Å². The topological polar surface area (TPSA) is 62.4 Å². The number of rotatable bonds is 4. The van der Waals surface area contributed by atoms with E-state index in [0.29, 0.717) is 23.0 Å². The van der Waals surface area contributed by atoms with Crippen molar-refractivity contribution in [2.24, 2.45) is 0 Å². The highest BCUT2D eigenvalue weighted by Gasteiger charge is 2.06. The van der Waals surface area contributed by atoms with Gasteiger partial charge in [0.25, 0.3) is 5.91 Å². The highest BCUT2D eigenvalue weighted by molar-refractivity contribution is 7.80. The molecular weight excluding hydrogens is 250 g/mol. The van der Waals surface area contributed by atoms with Crippen LogP contribution in [0.15, 0.2) is 36.9 Å². The van der Waals surface area contributed by atoms with Crippen LogP contribution in [0.2, 0.25) is 0 Å². The van der Waals surface area contributed by atoms with Gasteiger partial charge in [0.15, 0.2) is 5.11 Å². The number of amides is 1. The number of ether oxygens (including phenoxy) is 1. The van der Waals surface area contributed by atoms with Crippen molar-refractivity contribution in [2.45, 2.75) is 0 Å². The zero-order chi connectivity index (χ0) is 13.4. The molecular formula is C12H15N3O2S. The number of methoxy groups -OCH3 is 1. The minimum Gasteiger partial charge on any atom is -0.497 e. The molecule has 0 unspecified atom stereocenters. The summed E-state index contributed by atoms with van der Waals surface area (Å²) < 4.78 is 5.03. The van der Waals surface area contributed by atoms with Gasteiger partial charge in [-0.25, -0.2) is 0 Å². The van der Waals surface area contributed by atoms with Crippen LogP contribution in [0, 0.1) is 0 Å². The maximum atomic E-state index is 11.8. The van der Waals surface area contributed by atoms with Crippen LogP contribution in [0.5, 0.6) is 5.75 Å². The van der Waals surface area contributed by atoms with E-state index in [4.69, 9.17) is 17.0 Å². The standard InChI is InChI=1S/C12H15N3O2S/c1-3-7-13-12(18)15-14-11(16)9-5-4-6-10(8-9)17-2/h3-6,8H,1,7H2,2H3,(H,14,16)(H2,13,15,18). The van der Waals surface area contributed by atoms with Crippen LogP contribution >= 0.6 is 12.2 Å². The van der Waals surface area contributed by atoms with Crippen molar-refractivity contribution in [3.05, 3.63) is 42.5 Å². The Morgan fingerprint density at radius 2 is 2.28 bits per heavy atom. The first-order chi connectivity index (χ1) is 8.67. The Balaban J connectivity index is 2.49. The molecule has 0 heterocycles. The van der Waals surface area contributed by atoms with E-state index in [9.17, 15) is 4.79 Å². The fourth-order valence-electron chi connectivity index (χ4n) is 1.16. The molecule has 18 heavy (non-hydrogen) atoms. The normalized spacial score (nSPS) is 9.17. The molecule has 6 heteroatoms. The van der Waals surface area contributed by atoms with Crippen molar-refractivity contribution in [1.29, 1.82) is 0 Å². The van der Waals surface area contributed by atoms with Crippen LogP contribution in [0.4, 0.5) is 0 Å². The van der Waals surface area contributed by atoms with Gasteiger partial charge in [-0.15, -0.1) is 6.58 Å². The molecule has 0 aliphatic heterocycles. The molecule has 0 bridgehead atoms. The van der Waals surface area contributed by atoms with Crippen LogP contribution < -0.4 is 20.9 Å². The molecule has 0 spiro atoms. The second-order valence-electron chi connectivity index (χ2n) is 3.31. The number of carbonyl (C=O) groups is 1. The van der Waals surface area contributed by atoms with Gasteiger partial charge in [-0.1, -0.05) is 12.1 Å². The van der Waals surface area contributed by atoms with E-state index < -0.39 is 0 Å². The first kappa shape index (κ1) is 14.0. The van der Waals surface area contributed by atoms with Crippen LogP contribution in [0.3, 0.4) is 0 Å². The summed E-state index contributed by atoms with van der Waals surface area (Å²) in [5, 5.41) is 3.15. The lowest BCUT2D eigenvalue weighted by atomic mass is 10.2. The Kier molecular flexibility index (Phi) is 5.66. The van der Waals surface area contributed by atoms with E-state index in [-0.39, 0.29) is 5.91 Å². The summed E-state index contributed by atoms with van der Waals surface area (Å²) in [6.45, 7) is 4.07. The zero-order valence-corrected chi connectivity index (χ0v) is 10.8. The maximum Gasteiger partial charge on any atom is 0.269 e. The lowest BCUT2D eigenvalue weighted by Crippen LogP contribution is -2.46.